The molecule has 0 aromatic carbocycles. The summed E-state index contributed by atoms with van der Waals surface area (Å²) in [6.45, 7) is 5.27. The fraction of sp³-hybridized carbons (Fsp3) is 0.846. The van der Waals surface area contributed by atoms with E-state index in [1.165, 1.54) is 0 Å². The van der Waals surface area contributed by atoms with Gasteiger partial charge in [-0.25, -0.2) is 9.59 Å². The van der Waals surface area contributed by atoms with Gasteiger partial charge in [-0.1, -0.05) is 0 Å². The predicted molar refractivity (Wildman–Crippen MR) is 68.9 cm³/mol. The molecule has 19 heavy (non-hydrogen) atoms. The third kappa shape index (κ3) is 3.18. The molecule has 2 atom stereocenters. The van der Waals surface area contributed by atoms with Crippen LogP contribution in [0.4, 0.5) is 4.79 Å². The Morgan fingerprint density at radius 3 is 2.21 bits per heavy atom. The van der Waals surface area contributed by atoms with E-state index in [2.05, 4.69) is 10.6 Å². The lowest BCUT2D eigenvalue weighted by atomic mass is 9.84. The van der Waals surface area contributed by atoms with Gasteiger partial charge in [-0.3, -0.25) is 0 Å². The van der Waals surface area contributed by atoms with Crippen LogP contribution in [-0.2, 0) is 9.53 Å². The fourth-order valence-corrected chi connectivity index (χ4v) is 2.98. The number of aliphatic carboxylic acids is 1. The monoisotopic (exact) mass is 270 g/mol. The second kappa shape index (κ2) is 4.67. The normalized spacial score (nSPS) is 33.8. The molecule has 0 spiro atoms. The Morgan fingerprint density at radius 1 is 1.26 bits per heavy atom. The fourth-order valence-electron chi connectivity index (χ4n) is 2.98. The summed E-state index contributed by atoms with van der Waals surface area (Å²) in [5, 5.41) is 15.5. The van der Waals surface area contributed by atoms with Crippen molar-refractivity contribution in [1.82, 2.24) is 10.6 Å². The lowest BCUT2D eigenvalue weighted by Gasteiger charge is -2.38. The van der Waals surface area contributed by atoms with Crippen molar-refractivity contribution in [3.05, 3.63) is 0 Å². The highest BCUT2D eigenvalue weighted by molar-refractivity contribution is 5.84. The molecular weight excluding hydrogens is 248 g/mol. The number of fused-ring (bicyclic) bond motifs is 2. The van der Waals surface area contributed by atoms with Crippen molar-refractivity contribution in [2.45, 2.75) is 69.7 Å². The van der Waals surface area contributed by atoms with Crippen LogP contribution < -0.4 is 10.6 Å². The van der Waals surface area contributed by atoms with Crippen LogP contribution in [0.2, 0.25) is 0 Å². The average molecular weight is 270 g/mol. The zero-order valence-electron chi connectivity index (χ0n) is 11.7. The molecule has 2 unspecified atom stereocenters. The molecule has 1 amide bonds. The van der Waals surface area contributed by atoms with Crippen molar-refractivity contribution in [3.8, 4) is 0 Å². The molecule has 0 radical (unpaired) electrons. The molecule has 108 valence electrons. The van der Waals surface area contributed by atoms with Crippen molar-refractivity contribution >= 4 is 12.1 Å². The van der Waals surface area contributed by atoms with Crippen LogP contribution in [0, 0.1) is 0 Å². The summed E-state index contributed by atoms with van der Waals surface area (Å²) in [6.07, 6.45) is 2.11. The molecule has 2 aliphatic rings. The maximum absolute atomic E-state index is 11.9. The summed E-state index contributed by atoms with van der Waals surface area (Å²) in [6, 6.07) is 0.342. The number of nitrogens with one attached hydrogen (secondary N) is 2. The van der Waals surface area contributed by atoms with Gasteiger partial charge in [-0.15, -0.1) is 0 Å². The van der Waals surface area contributed by atoms with E-state index in [0.717, 1.165) is 12.8 Å². The first-order valence-corrected chi connectivity index (χ1v) is 6.71. The van der Waals surface area contributed by atoms with Crippen LogP contribution in [0.15, 0.2) is 0 Å². The molecule has 0 aromatic rings. The number of piperidine rings is 1. The van der Waals surface area contributed by atoms with E-state index in [-0.39, 0.29) is 12.1 Å². The van der Waals surface area contributed by atoms with Crippen molar-refractivity contribution in [2.75, 3.05) is 0 Å². The molecule has 2 fully saturated rings. The minimum atomic E-state index is -1.20. The lowest BCUT2D eigenvalue weighted by Crippen LogP contribution is -2.62. The Labute approximate surface area is 112 Å². The third-order valence-electron chi connectivity index (χ3n) is 3.67. The van der Waals surface area contributed by atoms with Gasteiger partial charge in [0.25, 0.3) is 0 Å². The maximum Gasteiger partial charge on any atom is 0.408 e. The number of amides is 1. The van der Waals surface area contributed by atoms with E-state index < -0.39 is 23.2 Å². The van der Waals surface area contributed by atoms with Crippen LogP contribution in [0.3, 0.4) is 0 Å². The van der Waals surface area contributed by atoms with Gasteiger partial charge in [0.05, 0.1) is 0 Å². The largest absolute Gasteiger partial charge is 0.480 e. The standard InChI is InChI=1S/C13H22N2O4/c1-12(2,3)19-11(18)15-13(10(16)17)6-8-4-5-9(7-13)14-8/h8-9,14H,4-7H2,1-3H3,(H,15,18)(H,16,17). The first-order valence-electron chi connectivity index (χ1n) is 6.71. The van der Waals surface area contributed by atoms with E-state index in [0.29, 0.717) is 12.8 Å². The van der Waals surface area contributed by atoms with E-state index in [4.69, 9.17) is 4.74 Å². The summed E-state index contributed by atoms with van der Waals surface area (Å²) in [5.41, 5.74) is -1.82. The molecule has 0 aromatic heterocycles. The van der Waals surface area contributed by atoms with Gasteiger partial charge < -0.3 is 20.5 Å². The average Bonchev–Trinajstić information content (AvgIpc) is 2.55. The summed E-state index contributed by atoms with van der Waals surface area (Å²) >= 11 is 0. The minimum absolute atomic E-state index is 0.171. The van der Waals surface area contributed by atoms with Crippen LogP contribution in [-0.4, -0.2) is 40.4 Å². The number of carboxylic acids is 1. The minimum Gasteiger partial charge on any atom is -0.480 e. The van der Waals surface area contributed by atoms with E-state index in [1.54, 1.807) is 20.8 Å². The molecule has 2 heterocycles. The first-order chi connectivity index (χ1) is 8.70. The quantitative estimate of drug-likeness (QED) is 0.703. The molecule has 0 aliphatic carbocycles. The van der Waals surface area contributed by atoms with Gasteiger partial charge >= 0.3 is 12.1 Å². The number of carboxylic acid groups (broad SMARTS) is 1. The zero-order valence-corrected chi connectivity index (χ0v) is 11.7. The van der Waals surface area contributed by atoms with Gasteiger partial charge in [-0.05, 0) is 46.5 Å². The molecule has 0 saturated carbocycles. The summed E-state index contributed by atoms with van der Waals surface area (Å²) in [5.74, 6) is -0.975. The van der Waals surface area contributed by atoms with Crippen molar-refractivity contribution in [1.29, 1.82) is 0 Å². The highest BCUT2D eigenvalue weighted by Crippen LogP contribution is 2.34. The van der Waals surface area contributed by atoms with Crippen LogP contribution >= 0.6 is 0 Å². The number of hydrogen-bond donors (Lipinski definition) is 3. The summed E-state index contributed by atoms with van der Waals surface area (Å²) in [7, 11) is 0. The van der Waals surface area contributed by atoms with Gasteiger partial charge in [0, 0.05) is 12.1 Å². The number of hydrogen-bond acceptors (Lipinski definition) is 4. The Hall–Kier alpha value is -1.30. The van der Waals surface area contributed by atoms with Crippen LogP contribution in [0.5, 0.6) is 0 Å². The van der Waals surface area contributed by atoms with Gasteiger partial charge in [0.15, 0.2) is 0 Å². The predicted octanol–water partition coefficient (Wildman–Crippen LogP) is 1.25. The highest BCUT2D eigenvalue weighted by atomic mass is 16.6. The Kier molecular flexibility index (Phi) is 3.47. The molecule has 6 heteroatoms. The SMILES string of the molecule is CC(C)(C)OC(=O)NC1(C(=O)O)CC2CCC(C1)N2. The number of ether oxygens (including phenoxy) is 1. The second-order valence-electron chi connectivity index (χ2n) is 6.56. The molecular formula is C13H22N2O4. The molecule has 2 rings (SSSR count). The van der Waals surface area contributed by atoms with Crippen LogP contribution in [0.25, 0.3) is 0 Å². The molecule has 2 bridgehead atoms. The zero-order chi connectivity index (χ0) is 14.3. The molecule has 2 saturated heterocycles. The third-order valence-corrected chi connectivity index (χ3v) is 3.67. The maximum atomic E-state index is 11.9. The summed E-state index contributed by atoms with van der Waals surface area (Å²) in [4.78, 5) is 23.5. The molecule has 2 aliphatic heterocycles. The Morgan fingerprint density at radius 2 is 1.79 bits per heavy atom. The number of alkyl carbamates (subject to hydrolysis) is 1. The van der Waals surface area contributed by atoms with Crippen molar-refractivity contribution in [2.24, 2.45) is 0 Å². The topological polar surface area (TPSA) is 87.7 Å². The molecule has 6 nitrogen and oxygen atoms in total. The van der Waals surface area contributed by atoms with Gasteiger partial charge in [0.1, 0.15) is 11.1 Å². The van der Waals surface area contributed by atoms with E-state index in [9.17, 15) is 14.7 Å². The van der Waals surface area contributed by atoms with Gasteiger partial charge in [0.2, 0.25) is 0 Å². The summed E-state index contributed by atoms with van der Waals surface area (Å²) < 4.78 is 5.17. The van der Waals surface area contributed by atoms with Crippen molar-refractivity contribution < 1.29 is 19.4 Å². The number of carbonyl (C=O) groups excluding carboxylic acids is 1. The van der Waals surface area contributed by atoms with Crippen molar-refractivity contribution in [3.63, 3.8) is 0 Å². The van der Waals surface area contributed by atoms with Crippen LogP contribution in [0.1, 0.15) is 46.5 Å². The lowest BCUT2D eigenvalue weighted by molar-refractivity contribution is -0.146. The van der Waals surface area contributed by atoms with E-state index >= 15 is 0 Å². The first kappa shape index (κ1) is 14.1. The van der Waals surface area contributed by atoms with Gasteiger partial charge in [-0.2, -0.15) is 0 Å². The molecule has 3 N–H and O–H groups in total. The van der Waals surface area contributed by atoms with E-state index in [1.807, 2.05) is 0 Å². The smallest absolute Gasteiger partial charge is 0.408 e. The highest BCUT2D eigenvalue weighted by Gasteiger charge is 2.50. The number of rotatable bonds is 2. The Balaban J connectivity index is 2.08. The Bertz CT molecular complexity index is 377. The number of carbonyl (C=O) groups is 2. The second-order valence-corrected chi connectivity index (χ2v) is 6.56.